The number of carbonyl (C=O) groups is 1. The zero-order valence-corrected chi connectivity index (χ0v) is 9.14. The first-order chi connectivity index (χ1) is 6.20. The highest BCUT2D eigenvalue weighted by Gasteiger charge is 2.15. The molecule has 0 saturated heterocycles. The van der Waals surface area contributed by atoms with Crippen LogP contribution >= 0.6 is 0 Å². The van der Waals surface area contributed by atoms with Crippen LogP contribution in [-0.4, -0.2) is 12.6 Å². The maximum absolute atomic E-state index is 10.4. The van der Waals surface area contributed by atoms with Crippen LogP contribution in [0.1, 0.15) is 52.9 Å². The Labute approximate surface area is 81.7 Å². The smallest absolute Gasteiger partial charge is 0.302 e. The molecule has 1 aliphatic rings. The minimum atomic E-state index is -0.146. The molecule has 1 saturated carbocycles. The molecule has 0 aliphatic heterocycles. The molecule has 0 spiro atoms. The van der Waals surface area contributed by atoms with Gasteiger partial charge in [0.25, 0.3) is 0 Å². The van der Waals surface area contributed by atoms with Crippen LogP contribution in [0.3, 0.4) is 0 Å². The quantitative estimate of drug-likeness (QED) is 0.619. The Morgan fingerprint density at radius 3 is 2.15 bits per heavy atom. The molecule has 0 amide bonds. The topological polar surface area (TPSA) is 26.3 Å². The molecule has 0 atom stereocenters. The van der Waals surface area contributed by atoms with Crippen LogP contribution in [0, 0.1) is 5.92 Å². The van der Waals surface area contributed by atoms with Gasteiger partial charge in [-0.25, -0.2) is 0 Å². The Bertz CT molecular complexity index is 126. The summed E-state index contributed by atoms with van der Waals surface area (Å²) < 4.78 is 4.89. The number of hydrogen-bond donors (Lipinski definition) is 0. The maximum Gasteiger partial charge on any atom is 0.302 e. The van der Waals surface area contributed by atoms with E-state index in [1.807, 2.05) is 0 Å². The van der Waals surface area contributed by atoms with Gasteiger partial charge in [0.2, 0.25) is 0 Å². The molecular formula is C11H22O2. The van der Waals surface area contributed by atoms with Crippen molar-refractivity contribution in [3.63, 3.8) is 0 Å². The van der Waals surface area contributed by atoms with Crippen LogP contribution in [0.2, 0.25) is 0 Å². The van der Waals surface area contributed by atoms with Crippen molar-refractivity contribution >= 4 is 5.97 Å². The second-order valence-electron chi connectivity index (χ2n) is 3.66. The van der Waals surface area contributed by atoms with Crippen LogP contribution in [0.15, 0.2) is 0 Å². The predicted molar refractivity (Wildman–Crippen MR) is 54.6 cm³/mol. The first-order valence-corrected chi connectivity index (χ1v) is 5.34. The minimum Gasteiger partial charge on any atom is -0.466 e. The Kier molecular flexibility index (Phi) is 7.76. The van der Waals surface area contributed by atoms with Crippen molar-refractivity contribution < 1.29 is 9.53 Å². The molecule has 0 radical (unpaired) electrons. The number of ether oxygens (including phenoxy) is 1. The molecule has 1 rings (SSSR count). The third-order valence-corrected chi connectivity index (χ3v) is 2.00. The van der Waals surface area contributed by atoms with Gasteiger partial charge in [-0.1, -0.05) is 33.1 Å². The van der Waals surface area contributed by atoms with E-state index in [-0.39, 0.29) is 5.97 Å². The van der Waals surface area contributed by atoms with Crippen LogP contribution in [0.5, 0.6) is 0 Å². The summed E-state index contributed by atoms with van der Waals surface area (Å²) in [6.07, 6.45) is 6.36. The van der Waals surface area contributed by atoms with E-state index in [4.69, 9.17) is 4.74 Å². The van der Waals surface area contributed by atoms with Crippen LogP contribution < -0.4 is 0 Å². The molecular weight excluding hydrogens is 164 g/mol. The molecule has 0 N–H and O–H groups in total. The summed E-state index contributed by atoms with van der Waals surface area (Å²) >= 11 is 0. The minimum absolute atomic E-state index is 0.146. The predicted octanol–water partition coefficient (Wildman–Crippen LogP) is 3.16. The lowest BCUT2D eigenvalue weighted by molar-refractivity contribution is -0.142. The molecule has 13 heavy (non-hydrogen) atoms. The van der Waals surface area contributed by atoms with E-state index in [9.17, 15) is 4.79 Å². The monoisotopic (exact) mass is 186 g/mol. The molecule has 1 fully saturated rings. The van der Waals surface area contributed by atoms with Gasteiger partial charge in [-0.2, -0.15) is 0 Å². The van der Waals surface area contributed by atoms with Crippen molar-refractivity contribution in [3.8, 4) is 0 Å². The van der Waals surface area contributed by atoms with E-state index in [0.717, 1.165) is 0 Å². The summed E-state index contributed by atoms with van der Waals surface area (Å²) in [5.74, 6) is 0.510. The van der Waals surface area contributed by atoms with Crippen molar-refractivity contribution in [2.45, 2.75) is 52.9 Å². The van der Waals surface area contributed by atoms with E-state index >= 15 is 0 Å². The van der Waals surface area contributed by atoms with Crippen LogP contribution in [0.25, 0.3) is 0 Å². The molecule has 0 aromatic carbocycles. The molecule has 1 aliphatic carbocycles. The van der Waals surface area contributed by atoms with Crippen molar-refractivity contribution in [1.29, 1.82) is 0 Å². The lowest BCUT2D eigenvalue weighted by Gasteiger charge is -2.07. The fourth-order valence-electron chi connectivity index (χ4n) is 1.41. The summed E-state index contributed by atoms with van der Waals surface area (Å²) in [5.41, 5.74) is 0. The molecule has 78 valence electrons. The summed E-state index contributed by atoms with van der Waals surface area (Å²) in [7, 11) is 0. The van der Waals surface area contributed by atoms with Gasteiger partial charge in [0.1, 0.15) is 0 Å². The molecule has 2 heteroatoms. The van der Waals surface area contributed by atoms with Crippen molar-refractivity contribution in [1.82, 2.24) is 0 Å². The van der Waals surface area contributed by atoms with Gasteiger partial charge < -0.3 is 4.74 Å². The average molecular weight is 186 g/mol. The van der Waals surface area contributed by atoms with E-state index in [1.165, 1.54) is 39.0 Å². The Hall–Kier alpha value is -0.530. The number of carbonyl (C=O) groups excluding carboxylic acids is 1. The van der Waals surface area contributed by atoms with E-state index < -0.39 is 0 Å². The van der Waals surface area contributed by atoms with Crippen LogP contribution in [0.4, 0.5) is 0 Å². The second-order valence-corrected chi connectivity index (χ2v) is 3.66. The first-order valence-electron chi connectivity index (χ1n) is 5.34. The van der Waals surface area contributed by atoms with Gasteiger partial charge in [-0.3, -0.25) is 4.79 Å². The zero-order valence-electron chi connectivity index (χ0n) is 9.14. The Balaban J connectivity index is 0.000000424. The van der Waals surface area contributed by atoms with Gasteiger partial charge in [-0.05, 0) is 18.8 Å². The highest BCUT2D eigenvalue weighted by atomic mass is 16.5. The Morgan fingerprint density at radius 2 is 1.77 bits per heavy atom. The zero-order chi connectivity index (χ0) is 10.1. The highest BCUT2D eigenvalue weighted by molar-refractivity contribution is 5.65. The fraction of sp³-hybridized carbons (Fsp3) is 0.909. The summed E-state index contributed by atoms with van der Waals surface area (Å²) in [4.78, 5) is 10.4. The fourth-order valence-corrected chi connectivity index (χ4v) is 1.41. The number of esters is 1. The standard InChI is InChI=1S/C8H14O2.C3H8/c1-7(9)10-6-8-4-2-3-5-8;1-3-2/h8H,2-6H2,1H3;3H2,1-2H3. The van der Waals surface area contributed by atoms with Crippen LogP contribution in [-0.2, 0) is 9.53 Å². The van der Waals surface area contributed by atoms with Crippen molar-refractivity contribution in [2.75, 3.05) is 6.61 Å². The second kappa shape index (κ2) is 8.09. The highest BCUT2D eigenvalue weighted by Crippen LogP contribution is 2.24. The van der Waals surface area contributed by atoms with Gasteiger partial charge in [0.05, 0.1) is 6.61 Å². The summed E-state index contributed by atoms with van der Waals surface area (Å²) in [5, 5.41) is 0. The summed E-state index contributed by atoms with van der Waals surface area (Å²) in [6, 6.07) is 0. The summed E-state index contributed by atoms with van der Waals surface area (Å²) in [6.45, 7) is 6.37. The molecule has 0 unspecified atom stereocenters. The lowest BCUT2D eigenvalue weighted by atomic mass is 10.1. The lowest BCUT2D eigenvalue weighted by Crippen LogP contribution is -2.08. The van der Waals surface area contributed by atoms with Gasteiger partial charge in [0, 0.05) is 6.92 Å². The molecule has 0 aromatic heterocycles. The molecule has 2 nitrogen and oxygen atoms in total. The number of hydrogen-bond acceptors (Lipinski definition) is 2. The average Bonchev–Trinajstić information content (AvgIpc) is 2.54. The first kappa shape index (κ1) is 12.5. The van der Waals surface area contributed by atoms with Crippen molar-refractivity contribution in [2.24, 2.45) is 5.92 Å². The van der Waals surface area contributed by atoms with E-state index in [2.05, 4.69) is 13.8 Å². The van der Waals surface area contributed by atoms with Gasteiger partial charge in [0.15, 0.2) is 0 Å². The van der Waals surface area contributed by atoms with E-state index in [1.54, 1.807) is 0 Å². The van der Waals surface area contributed by atoms with Gasteiger partial charge in [-0.15, -0.1) is 0 Å². The van der Waals surface area contributed by atoms with Gasteiger partial charge >= 0.3 is 5.97 Å². The SMILES string of the molecule is CC(=O)OCC1CCCC1.CCC. The number of rotatable bonds is 2. The normalized spacial score (nSPS) is 16.2. The third-order valence-electron chi connectivity index (χ3n) is 2.00. The molecule has 0 aromatic rings. The molecule has 0 heterocycles. The maximum atomic E-state index is 10.4. The Morgan fingerprint density at radius 1 is 1.31 bits per heavy atom. The molecule has 0 bridgehead atoms. The van der Waals surface area contributed by atoms with Crippen molar-refractivity contribution in [3.05, 3.63) is 0 Å². The third kappa shape index (κ3) is 7.82. The largest absolute Gasteiger partial charge is 0.466 e. The van der Waals surface area contributed by atoms with E-state index in [0.29, 0.717) is 12.5 Å².